The van der Waals surface area contributed by atoms with Crippen molar-refractivity contribution in [2.45, 2.75) is 13.0 Å². The Kier molecular flexibility index (Phi) is 5.44. The van der Waals surface area contributed by atoms with Crippen LogP contribution in [0, 0.1) is 0 Å². The number of halogens is 1. The number of carbonyl (C=O) groups excluding carboxylic acids is 1. The van der Waals surface area contributed by atoms with Crippen LogP contribution in [-0.4, -0.2) is 22.8 Å². The second-order valence-electron chi connectivity index (χ2n) is 6.69. The van der Waals surface area contributed by atoms with E-state index in [1.54, 1.807) is 35.8 Å². The highest BCUT2D eigenvalue weighted by atomic mass is 79.9. The molecule has 1 N–H and O–H groups in total. The molecule has 2 aromatic carbocycles. The molecule has 1 aromatic heterocycles. The van der Waals surface area contributed by atoms with Crippen LogP contribution in [0.4, 0.5) is 0 Å². The maximum Gasteiger partial charge on any atom is 0.338 e. The fourth-order valence-corrected chi connectivity index (χ4v) is 4.85. The third-order valence-electron chi connectivity index (χ3n) is 4.81. The summed E-state index contributed by atoms with van der Waals surface area (Å²) in [6.07, 6.45) is 1.74. The van der Waals surface area contributed by atoms with E-state index in [1.807, 2.05) is 30.3 Å². The molecule has 6 nitrogen and oxygen atoms in total. The van der Waals surface area contributed by atoms with Crippen LogP contribution in [0.15, 0.2) is 74.1 Å². The molecule has 4 rings (SSSR count). The van der Waals surface area contributed by atoms with Crippen LogP contribution in [0.25, 0.3) is 6.08 Å². The number of hydrogen-bond acceptors (Lipinski definition) is 6. The zero-order chi connectivity index (χ0) is 21.4. The molecule has 0 fully saturated rings. The molecule has 0 spiro atoms. The summed E-state index contributed by atoms with van der Waals surface area (Å²) in [5.41, 5.74) is 2.17. The number of ether oxygens (including phenoxy) is 1. The van der Waals surface area contributed by atoms with E-state index in [9.17, 15) is 14.7 Å². The minimum Gasteiger partial charge on any atom is -0.507 e. The summed E-state index contributed by atoms with van der Waals surface area (Å²) in [6.45, 7) is 1.75. The van der Waals surface area contributed by atoms with Crippen molar-refractivity contribution >= 4 is 39.3 Å². The number of carbonyl (C=O) groups is 1. The van der Waals surface area contributed by atoms with Gasteiger partial charge in [0.2, 0.25) is 0 Å². The molecular weight excluding hydrogens is 468 g/mol. The monoisotopic (exact) mass is 484 g/mol. The van der Waals surface area contributed by atoms with Gasteiger partial charge in [0.25, 0.3) is 5.56 Å². The number of esters is 1. The average molecular weight is 485 g/mol. The van der Waals surface area contributed by atoms with Gasteiger partial charge in [-0.1, -0.05) is 47.7 Å². The van der Waals surface area contributed by atoms with Crippen molar-refractivity contribution in [1.29, 1.82) is 0 Å². The van der Waals surface area contributed by atoms with E-state index >= 15 is 0 Å². The van der Waals surface area contributed by atoms with Crippen LogP contribution >= 0.6 is 27.3 Å². The molecule has 1 atom stereocenters. The molecule has 1 aliphatic rings. The highest BCUT2D eigenvalue weighted by molar-refractivity contribution is 9.10. The van der Waals surface area contributed by atoms with Crippen LogP contribution in [0.2, 0.25) is 0 Å². The summed E-state index contributed by atoms with van der Waals surface area (Å²) >= 11 is 4.54. The largest absolute Gasteiger partial charge is 0.507 e. The molecule has 152 valence electrons. The Balaban J connectivity index is 1.97. The van der Waals surface area contributed by atoms with Gasteiger partial charge in [-0.05, 0) is 52.2 Å². The molecule has 0 aliphatic carbocycles. The number of aromatic hydroxyl groups is 1. The number of fused-ring (bicyclic) bond motifs is 1. The molecule has 0 unspecified atom stereocenters. The first-order valence-corrected chi connectivity index (χ1v) is 10.7. The molecular formula is C22H17BrN2O4S. The number of thiazole rings is 1. The van der Waals surface area contributed by atoms with Gasteiger partial charge >= 0.3 is 5.97 Å². The van der Waals surface area contributed by atoms with Crippen LogP contribution in [0.1, 0.15) is 24.1 Å². The van der Waals surface area contributed by atoms with E-state index in [4.69, 9.17) is 4.74 Å². The Morgan fingerprint density at radius 3 is 2.67 bits per heavy atom. The van der Waals surface area contributed by atoms with Gasteiger partial charge in [-0.25, -0.2) is 9.79 Å². The normalized spacial score (nSPS) is 16.2. The molecule has 8 heteroatoms. The Labute approximate surface area is 184 Å². The smallest absolute Gasteiger partial charge is 0.338 e. The third kappa shape index (κ3) is 3.53. The zero-order valence-electron chi connectivity index (χ0n) is 16.1. The molecule has 1 aliphatic heterocycles. The molecule has 0 bridgehead atoms. The maximum absolute atomic E-state index is 13.4. The van der Waals surface area contributed by atoms with Crippen LogP contribution in [-0.2, 0) is 9.53 Å². The van der Waals surface area contributed by atoms with Gasteiger partial charge in [0, 0.05) is 0 Å². The maximum atomic E-state index is 13.4. The highest BCUT2D eigenvalue weighted by Gasteiger charge is 2.32. The van der Waals surface area contributed by atoms with E-state index in [2.05, 4.69) is 20.9 Å². The van der Waals surface area contributed by atoms with E-state index in [1.165, 1.54) is 18.4 Å². The first-order valence-electron chi connectivity index (χ1n) is 9.05. The number of nitrogens with zero attached hydrogens (tertiary/aromatic N) is 2. The van der Waals surface area contributed by atoms with Gasteiger partial charge in [-0.2, -0.15) is 0 Å². The average Bonchev–Trinajstić information content (AvgIpc) is 3.04. The van der Waals surface area contributed by atoms with Crippen LogP contribution in [0.3, 0.4) is 0 Å². The first kappa shape index (κ1) is 20.3. The molecule has 0 radical (unpaired) electrons. The van der Waals surface area contributed by atoms with E-state index in [-0.39, 0.29) is 11.3 Å². The second-order valence-corrected chi connectivity index (χ2v) is 8.56. The Morgan fingerprint density at radius 2 is 2.00 bits per heavy atom. The Hall–Kier alpha value is -2.97. The Morgan fingerprint density at radius 1 is 1.27 bits per heavy atom. The number of benzene rings is 2. The lowest BCUT2D eigenvalue weighted by molar-refractivity contribution is -0.136. The number of methoxy groups -OCH3 is 1. The summed E-state index contributed by atoms with van der Waals surface area (Å²) in [5, 5.41) is 9.70. The number of allylic oxidation sites excluding steroid dienone is 1. The lowest BCUT2D eigenvalue weighted by Gasteiger charge is -2.24. The van der Waals surface area contributed by atoms with Crippen molar-refractivity contribution in [3.05, 3.63) is 95.1 Å². The fourth-order valence-electron chi connectivity index (χ4n) is 3.41. The molecule has 30 heavy (non-hydrogen) atoms. The van der Waals surface area contributed by atoms with Crippen molar-refractivity contribution in [3.63, 3.8) is 0 Å². The van der Waals surface area contributed by atoms with Gasteiger partial charge in [0.1, 0.15) is 5.75 Å². The van der Waals surface area contributed by atoms with E-state index in [0.717, 1.165) is 11.1 Å². The molecule has 2 heterocycles. The predicted molar refractivity (Wildman–Crippen MR) is 118 cm³/mol. The number of phenolic OH excluding ortho intramolecular Hbond substituents is 1. The topological polar surface area (TPSA) is 80.9 Å². The van der Waals surface area contributed by atoms with Gasteiger partial charge in [-0.15, -0.1) is 0 Å². The van der Waals surface area contributed by atoms with Crippen LogP contribution in [0.5, 0.6) is 5.75 Å². The van der Waals surface area contributed by atoms with Crippen molar-refractivity contribution < 1.29 is 14.6 Å². The molecule has 0 saturated carbocycles. The lowest BCUT2D eigenvalue weighted by Crippen LogP contribution is -2.39. The third-order valence-corrected chi connectivity index (χ3v) is 6.43. The van der Waals surface area contributed by atoms with Gasteiger partial charge in [-0.3, -0.25) is 9.36 Å². The molecule has 0 amide bonds. The van der Waals surface area contributed by atoms with Gasteiger partial charge in [0.15, 0.2) is 4.80 Å². The van der Waals surface area contributed by atoms with E-state index < -0.39 is 12.0 Å². The Bertz CT molecular complexity index is 1360. The quantitative estimate of drug-likeness (QED) is 0.579. The summed E-state index contributed by atoms with van der Waals surface area (Å²) in [6, 6.07) is 13.7. The van der Waals surface area contributed by atoms with Crippen molar-refractivity contribution in [2.24, 2.45) is 4.99 Å². The molecule has 3 aromatic rings. The van der Waals surface area contributed by atoms with Crippen LogP contribution < -0.4 is 14.9 Å². The number of hydrogen-bond donors (Lipinski definition) is 1. The predicted octanol–water partition coefficient (Wildman–Crippen LogP) is 2.88. The lowest BCUT2D eigenvalue weighted by atomic mass is 9.96. The zero-order valence-corrected chi connectivity index (χ0v) is 18.5. The van der Waals surface area contributed by atoms with Gasteiger partial charge in [0.05, 0.1) is 33.4 Å². The molecule has 0 saturated heterocycles. The fraction of sp³-hybridized carbons (Fsp3) is 0.136. The minimum atomic E-state index is -0.622. The standard InChI is InChI=1S/C22H17BrN2O4S/c1-12-18(21(28)29-2)19(14-6-4-3-5-7-14)25-20(27)17(30-22(25)24-12)11-13-8-9-16(26)15(23)10-13/h3-11,19,26H,1-2H3/b17-11-/t19-/m0/s1. The SMILES string of the molecule is COC(=O)C1=C(C)N=c2s/c(=C\c3ccc(O)c(Br)c3)c(=O)n2[C@H]1c1ccccc1. The summed E-state index contributed by atoms with van der Waals surface area (Å²) < 4.78 is 7.55. The van der Waals surface area contributed by atoms with Gasteiger partial charge < -0.3 is 9.84 Å². The summed E-state index contributed by atoms with van der Waals surface area (Å²) in [5.74, 6) is -0.391. The minimum absolute atomic E-state index is 0.121. The number of aromatic nitrogens is 1. The number of rotatable bonds is 3. The van der Waals surface area contributed by atoms with Crippen molar-refractivity contribution in [1.82, 2.24) is 4.57 Å². The van der Waals surface area contributed by atoms with E-state index in [0.29, 0.717) is 25.1 Å². The summed E-state index contributed by atoms with van der Waals surface area (Å²) in [4.78, 5) is 31.0. The first-order chi connectivity index (χ1) is 14.4. The van der Waals surface area contributed by atoms with Crippen molar-refractivity contribution in [2.75, 3.05) is 7.11 Å². The second kappa shape index (κ2) is 8.04. The number of phenols is 1. The highest BCUT2D eigenvalue weighted by Crippen LogP contribution is 2.30. The summed E-state index contributed by atoms with van der Waals surface area (Å²) in [7, 11) is 1.32. The van der Waals surface area contributed by atoms with Crippen molar-refractivity contribution in [3.8, 4) is 5.75 Å².